The number of benzene rings is 1. The molecule has 122 valence electrons. The maximum absolute atomic E-state index is 12.4. The summed E-state index contributed by atoms with van der Waals surface area (Å²) in [6.07, 6.45) is 0. The van der Waals surface area contributed by atoms with Gasteiger partial charge in [-0.05, 0) is 18.6 Å². The molecule has 2 aromatic rings. The number of piperazine rings is 1. The van der Waals surface area contributed by atoms with Crippen molar-refractivity contribution in [2.75, 3.05) is 26.2 Å². The number of halogens is 1. The van der Waals surface area contributed by atoms with E-state index >= 15 is 0 Å². The molecule has 0 aliphatic carbocycles. The number of aromatic hydroxyl groups is 1. The molecule has 1 N–H and O–H groups in total. The molecular weight excluding hydrogens is 332 g/mol. The van der Waals surface area contributed by atoms with E-state index in [1.807, 2.05) is 23.1 Å². The molecular formula is C17H19ClN2O2S. The Morgan fingerprint density at radius 3 is 2.57 bits per heavy atom. The van der Waals surface area contributed by atoms with Gasteiger partial charge in [0.25, 0.3) is 5.91 Å². The molecule has 4 nitrogen and oxygen atoms in total. The minimum atomic E-state index is 0.000321. The molecule has 1 amide bonds. The van der Waals surface area contributed by atoms with Crippen LogP contribution >= 0.6 is 22.9 Å². The van der Waals surface area contributed by atoms with Crippen LogP contribution in [-0.4, -0.2) is 47.0 Å². The van der Waals surface area contributed by atoms with E-state index in [0.717, 1.165) is 23.7 Å². The number of hydrogen-bond acceptors (Lipinski definition) is 4. The van der Waals surface area contributed by atoms with Crippen molar-refractivity contribution in [2.24, 2.45) is 0 Å². The van der Waals surface area contributed by atoms with Gasteiger partial charge in [-0.1, -0.05) is 29.8 Å². The van der Waals surface area contributed by atoms with E-state index < -0.39 is 0 Å². The zero-order valence-electron chi connectivity index (χ0n) is 12.9. The Bertz CT molecular complexity index is 695. The number of rotatable bonds is 3. The van der Waals surface area contributed by atoms with E-state index in [-0.39, 0.29) is 17.7 Å². The number of hydrogen-bond donors (Lipinski definition) is 1. The van der Waals surface area contributed by atoms with Crippen LogP contribution in [0.1, 0.15) is 28.2 Å². The maximum atomic E-state index is 12.4. The van der Waals surface area contributed by atoms with Gasteiger partial charge in [-0.2, -0.15) is 0 Å². The first-order valence-electron chi connectivity index (χ1n) is 7.61. The molecule has 0 bridgehead atoms. The van der Waals surface area contributed by atoms with Gasteiger partial charge in [0.1, 0.15) is 5.75 Å². The first kappa shape index (κ1) is 16.3. The predicted molar refractivity (Wildman–Crippen MR) is 93.3 cm³/mol. The van der Waals surface area contributed by atoms with E-state index in [2.05, 4.69) is 17.9 Å². The van der Waals surface area contributed by atoms with Gasteiger partial charge >= 0.3 is 0 Å². The van der Waals surface area contributed by atoms with Gasteiger partial charge < -0.3 is 10.0 Å². The van der Waals surface area contributed by atoms with E-state index in [1.165, 1.54) is 17.4 Å². The van der Waals surface area contributed by atoms with Crippen LogP contribution in [0.3, 0.4) is 0 Å². The zero-order chi connectivity index (χ0) is 16.4. The van der Waals surface area contributed by atoms with Crippen molar-refractivity contribution in [3.05, 3.63) is 51.2 Å². The quantitative estimate of drug-likeness (QED) is 0.919. The maximum Gasteiger partial charge on any atom is 0.264 e. The molecule has 0 radical (unpaired) electrons. The third kappa shape index (κ3) is 3.52. The van der Waals surface area contributed by atoms with Gasteiger partial charge in [0.2, 0.25) is 0 Å². The molecule has 1 aliphatic rings. The van der Waals surface area contributed by atoms with E-state index in [9.17, 15) is 9.90 Å². The number of carbonyl (C=O) groups is 1. The lowest BCUT2D eigenvalue weighted by molar-refractivity contribution is 0.0586. The van der Waals surface area contributed by atoms with Gasteiger partial charge in [-0.25, -0.2) is 0 Å². The van der Waals surface area contributed by atoms with Crippen LogP contribution in [-0.2, 0) is 0 Å². The van der Waals surface area contributed by atoms with E-state index in [1.54, 1.807) is 5.38 Å². The second kappa shape index (κ2) is 6.91. The fourth-order valence-corrected chi connectivity index (χ4v) is 3.95. The van der Waals surface area contributed by atoms with Crippen molar-refractivity contribution in [1.29, 1.82) is 0 Å². The lowest BCUT2D eigenvalue weighted by Crippen LogP contribution is -2.49. The summed E-state index contributed by atoms with van der Waals surface area (Å²) >= 11 is 7.57. The normalized spacial score (nSPS) is 17.2. The average molecular weight is 351 g/mol. The molecule has 1 saturated heterocycles. The highest BCUT2D eigenvalue weighted by molar-refractivity contribution is 7.12. The third-order valence-electron chi connectivity index (χ3n) is 4.30. The number of carbonyl (C=O) groups excluding carboxylic acids is 1. The Morgan fingerprint density at radius 1 is 1.26 bits per heavy atom. The molecule has 1 aromatic heterocycles. The minimum absolute atomic E-state index is 0.000321. The molecule has 1 atom stereocenters. The van der Waals surface area contributed by atoms with Crippen LogP contribution in [0.25, 0.3) is 0 Å². The second-order valence-electron chi connectivity index (χ2n) is 5.69. The standard InChI is InChI=1S/C17H19ClN2O2S/c1-12(14-4-2-3-5-15(14)18)19-6-8-20(9-7-19)17(22)16-10-13(21)11-23-16/h2-5,10-12,21H,6-9H2,1H3. The van der Waals surface area contributed by atoms with Crippen molar-refractivity contribution in [3.63, 3.8) is 0 Å². The lowest BCUT2D eigenvalue weighted by Gasteiger charge is -2.38. The van der Waals surface area contributed by atoms with Gasteiger partial charge in [0.15, 0.2) is 0 Å². The van der Waals surface area contributed by atoms with Crippen molar-refractivity contribution in [1.82, 2.24) is 9.80 Å². The Hall–Kier alpha value is -1.56. The molecule has 1 aromatic carbocycles. The van der Waals surface area contributed by atoms with Gasteiger partial charge in [0.05, 0.1) is 4.88 Å². The minimum Gasteiger partial charge on any atom is -0.507 e. The SMILES string of the molecule is CC(c1ccccc1Cl)N1CCN(C(=O)c2cc(O)cs2)CC1. The molecule has 0 saturated carbocycles. The number of amides is 1. The first-order valence-corrected chi connectivity index (χ1v) is 8.87. The van der Waals surface area contributed by atoms with E-state index in [4.69, 9.17) is 11.6 Å². The van der Waals surface area contributed by atoms with Crippen molar-refractivity contribution >= 4 is 28.8 Å². The summed E-state index contributed by atoms with van der Waals surface area (Å²) in [7, 11) is 0. The van der Waals surface area contributed by atoms with Crippen molar-refractivity contribution in [2.45, 2.75) is 13.0 Å². The molecule has 1 unspecified atom stereocenters. The summed E-state index contributed by atoms with van der Waals surface area (Å²) in [5, 5.41) is 11.8. The van der Waals surface area contributed by atoms with Crippen LogP contribution in [0.15, 0.2) is 35.7 Å². The Balaban J connectivity index is 1.62. The summed E-state index contributed by atoms with van der Waals surface area (Å²) in [4.78, 5) is 17.2. The van der Waals surface area contributed by atoms with Crippen LogP contribution < -0.4 is 0 Å². The Kier molecular flexibility index (Phi) is 4.90. The smallest absolute Gasteiger partial charge is 0.264 e. The number of thiophene rings is 1. The highest BCUT2D eigenvalue weighted by atomic mass is 35.5. The summed E-state index contributed by atoms with van der Waals surface area (Å²) < 4.78 is 0. The average Bonchev–Trinajstić information content (AvgIpc) is 3.01. The van der Waals surface area contributed by atoms with Crippen molar-refractivity contribution in [3.8, 4) is 5.75 Å². The van der Waals surface area contributed by atoms with Crippen molar-refractivity contribution < 1.29 is 9.90 Å². The van der Waals surface area contributed by atoms with E-state index in [0.29, 0.717) is 18.0 Å². The molecule has 2 heterocycles. The second-order valence-corrected chi connectivity index (χ2v) is 7.01. The summed E-state index contributed by atoms with van der Waals surface area (Å²) in [6, 6.07) is 9.67. The Labute approximate surface area is 144 Å². The molecule has 1 aliphatic heterocycles. The van der Waals surface area contributed by atoms with Crippen LogP contribution in [0.4, 0.5) is 0 Å². The molecule has 0 spiro atoms. The predicted octanol–water partition coefficient (Wildman–Crippen LogP) is 3.63. The van der Waals surface area contributed by atoms with Crippen LogP contribution in [0.5, 0.6) is 5.75 Å². The summed E-state index contributed by atoms with van der Waals surface area (Å²) in [5.41, 5.74) is 1.12. The number of nitrogens with zero attached hydrogens (tertiary/aromatic N) is 2. The zero-order valence-corrected chi connectivity index (χ0v) is 14.5. The first-order chi connectivity index (χ1) is 11.1. The summed E-state index contributed by atoms with van der Waals surface area (Å²) in [5.74, 6) is 0.157. The van der Waals surface area contributed by atoms with Gasteiger partial charge in [-0.15, -0.1) is 11.3 Å². The topological polar surface area (TPSA) is 43.8 Å². The molecule has 3 rings (SSSR count). The van der Waals surface area contributed by atoms with Gasteiger partial charge in [0, 0.05) is 48.7 Å². The van der Waals surface area contributed by atoms with Crippen LogP contribution in [0, 0.1) is 0 Å². The molecule has 23 heavy (non-hydrogen) atoms. The highest BCUT2D eigenvalue weighted by Gasteiger charge is 2.26. The summed E-state index contributed by atoms with van der Waals surface area (Å²) in [6.45, 7) is 5.15. The lowest BCUT2D eigenvalue weighted by atomic mass is 10.1. The monoisotopic (exact) mass is 350 g/mol. The Morgan fingerprint density at radius 2 is 1.96 bits per heavy atom. The fourth-order valence-electron chi connectivity index (χ4n) is 2.92. The largest absolute Gasteiger partial charge is 0.507 e. The third-order valence-corrected chi connectivity index (χ3v) is 5.55. The fraction of sp³-hybridized carbons (Fsp3) is 0.353. The highest BCUT2D eigenvalue weighted by Crippen LogP contribution is 2.28. The molecule has 1 fully saturated rings. The van der Waals surface area contributed by atoms with Gasteiger partial charge in [-0.3, -0.25) is 9.69 Å². The molecule has 6 heteroatoms. The van der Waals surface area contributed by atoms with Crippen LogP contribution in [0.2, 0.25) is 5.02 Å².